The molecule has 6 nitrogen and oxygen atoms in total. The third-order valence-electron chi connectivity index (χ3n) is 5.53. The number of halogens is 4. The van der Waals surface area contributed by atoms with Crippen LogP contribution < -0.4 is 0 Å². The fourth-order valence-electron chi connectivity index (χ4n) is 3.92. The SMILES string of the molecule is Cc1cccnc1-n1nnc2c1CCN(C(=O)C1C=CC=C(C(F)(F)F)C1Cl)[C@@H]2C. The van der Waals surface area contributed by atoms with Crippen LogP contribution in [0.25, 0.3) is 5.82 Å². The van der Waals surface area contributed by atoms with Crippen LogP contribution in [0.15, 0.2) is 42.1 Å². The number of carbonyl (C=O) groups excluding carboxylic acids is 1. The second-order valence-corrected chi connectivity index (χ2v) is 7.84. The molecule has 0 fully saturated rings. The van der Waals surface area contributed by atoms with Crippen LogP contribution >= 0.6 is 11.6 Å². The molecule has 2 aromatic rings. The Morgan fingerprint density at radius 3 is 2.80 bits per heavy atom. The summed E-state index contributed by atoms with van der Waals surface area (Å²) in [5.41, 5.74) is 1.47. The third kappa shape index (κ3) is 3.40. The molecule has 4 rings (SSSR count). The van der Waals surface area contributed by atoms with Crippen LogP contribution in [0, 0.1) is 12.8 Å². The molecule has 1 aliphatic heterocycles. The van der Waals surface area contributed by atoms with Crippen molar-refractivity contribution in [2.24, 2.45) is 5.92 Å². The van der Waals surface area contributed by atoms with Crippen LogP contribution in [0.4, 0.5) is 13.2 Å². The first-order valence-corrected chi connectivity index (χ1v) is 9.90. The predicted octanol–water partition coefficient (Wildman–Crippen LogP) is 3.70. The van der Waals surface area contributed by atoms with Gasteiger partial charge in [-0.2, -0.15) is 17.9 Å². The number of rotatable bonds is 2. The maximum Gasteiger partial charge on any atom is 0.414 e. The van der Waals surface area contributed by atoms with Gasteiger partial charge in [-0.25, -0.2) is 4.98 Å². The van der Waals surface area contributed by atoms with Gasteiger partial charge in [0.25, 0.3) is 0 Å². The number of amides is 1. The summed E-state index contributed by atoms with van der Waals surface area (Å²) >= 11 is 6.07. The van der Waals surface area contributed by atoms with Gasteiger partial charge in [-0.1, -0.05) is 29.5 Å². The molecule has 1 aliphatic carbocycles. The van der Waals surface area contributed by atoms with Crippen molar-refractivity contribution in [1.29, 1.82) is 0 Å². The van der Waals surface area contributed by atoms with Gasteiger partial charge in [0.15, 0.2) is 5.82 Å². The van der Waals surface area contributed by atoms with Crippen molar-refractivity contribution in [2.45, 2.75) is 37.9 Å². The molecule has 10 heteroatoms. The molecule has 3 atom stereocenters. The van der Waals surface area contributed by atoms with Crippen molar-refractivity contribution < 1.29 is 18.0 Å². The Hall–Kier alpha value is -2.68. The largest absolute Gasteiger partial charge is 0.414 e. The summed E-state index contributed by atoms with van der Waals surface area (Å²) in [6.07, 6.45) is 1.12. The molecule has 2 unspecified atom stereocenters. The first-order valence-electron chi connectivity index (χ1n) is 9.46. The number of allylic oxidation sites excluding steroid dienone is 3. The Morgan fingerprint density at radius 1 is 1.33 bits per heavy atom. The third-order valence-corrected chi connectivity index (χ3v) is 6.04. The number of fused-ring (bicyclic) bond motifs is 1. The van der Waals surface area contributed by atoms with Crippen molar-refractivity contribution >= 4 is 17.5 Å². The molecule has 3 heterocycles. The Bertz CT molecular complexity index is 1050. The molecule has 0 saturated heterocycles. The van der Waals surface area contributed by atoms with Crippen molar-refractivity contribution in [1.82, 2.24) is 24.9 Å². The molecule has 2 aromatic heterocycles. The van der Waals surface area contributed by atoms with Crippen LogP contribution in [0.2, 0.25) is 0 Å². The Morgan fingerprint density at radius 2 is 2.10 bits per heavy atom. The first kappa shape index (κ1) is 20.6. The molecule has 0 spiro atoms. The molecular formula is C20H19ClF3N5O. The molecule has 2 aliphatic rings. The van der Waals surface area contributed by atoms with E-state index in [0.29, 0.717) is 24.5 Å². The first-order chi connectivity index (χ1) is 14.2. The topological polar surface area (TPSA) is 63.9 Å². The van der Waals surface area contributed by atoms with E-state index in [4.69, 9.17) is 11.6 Å². The van der Waals surface area contributed by atoms with Crippen molar-refractivity contribution in [3.8, 4) is 5.82 Å². The number of nitrogens with zero attached hydrogens (tertiary/aromatic N) is 5. The number of aryl methyl sites for hydroxylation is 1. The summed E-state index contributed by atoms with van der Waals surface area (Å²) < 4.78 is 41.3. The monoisotopic (exact) mass is 437 g/mol. The molecule has 0 saturated carbocycles. The van der Waals surface area contributed by atoms with Gasteiger partial charge < -0.3 is 4.90 Å². The van der Waals surface area contributed by atoms with Crippen molar-refractivity contribution in [2.75, 3.05) is 6.54 Å². The molecule has 0 bridgehead atoms. The Kier molecular flexibility index (Phi) is 5.17. The lowest BCUT2D eigenvalue weighted by molar-refractivity contribution is -0.137. The van der Waals surface area contributed by atoms with Gasteiger partial charge >= 0.3 is 6.18 Å². The summed E-state index contributed by atoms with van der Waals surface area (Å²) in [6, 6.07) is 3.30. The molecular weight excluding hydrogens is 419 g/mol. The molecule has 0 radical (unpaired) electrons. The van der Waals surface area contributed by atoms with Gasteiger partial charge in [-0.3, -0.25) is 4.79 Å². The van der Waals surface area contributed by atoms with Crippen LogP contribution in [0.5, 0.6) is 0 Å². The minimum absolute atomic E-state index is 0.325. The maximum atomic E-state index is 13.2. The maximum absolute atomic E-state index is 13.2. The predicted molar refractivity (Wildman–Crippen MR) is 104 cm³/mol. The highest BCUT2D eigenvalue weighted by Crippen LogP contribution is 2.39. The molecule has 0 aromatic carbocycles. The van der Waals surface area contributed by atoms with E-state index in [2.05, 4.69) is 15.3 Å². The van der Waals surface area contributed by atoms with Crippen LogP contribution in [0.1, 0.15) is 29.9 Å². The van der Waals surface area contributed by atoms with E-state index >= 15 is 0 Å². The summed E-state index contributed by atoms with van der Waals surface area (Å²) in [5, 5.41) is 6.99. The van der Waals surface area contributed by atoms with E-state index in [0.717, 1.165) is 17.3 Å². The van der Waals surface area contributed by atoms with Crippen LogP contribution in [-0.2, 0) is 11.2 Å². The molecule has 158 valence electrons. The summed E-state index contributed by atoms with van der Waals surface area (Å²) in [5.74, 6) is -0.887. The second-order valence-electron chi connectivity index (χ2n) is 7.37. The zero-order valence-corrected chi connectivity index (χ0v) is 17.0. The zero-order chi connectivity index (χ0) is 21.6. The van der Waals surface area contributed by atoms with Crippen molar-refractivity contribution in [3.63, 3.8) is 0 Å². The summed E-state index contributed by atoms with van der Waals surface area (Å²) in [6.45, 7) is 4.03. The van der Waals surface area contributed by atoms with Gasteiger partial charge in [0.2, 0.25) is 5.91 Å². The number of aromatic nitrogens is 4. The fraction of sp³-hybridized carbons (Fsp3) is 0.400. The highest BCUT2D eigenvalue weighted by Gasteiger charge is 2.45. The molecule has 1 amide bonds. The minimum Gasteiger partial charge on any atom is -0.333 e. The highest BCUT2D eigenvalue weighted by molar-refractivity contribution is 6.24. The number of alkyl halides is 4. The van der Waals surface area contributed by atoms with E-state index in [-0.39, 0.29) is 0 Å². The smallest absolute Gasteiger partial charge is 0.333 e. The van der Waals surface area contributed by atoms with E-state index in [1.807, 2.05) is 19.1 Å². The van der Waals surface area contributed by atoms with Crippen LogP contribution in [0.3, 0.4) is 0 Å². The summed E-state index contributed by atoms with van der Waals surface area (Å²) in [7, 11) is 0. The van der Waals surface area contributed by atoms with Crippen molar-refractivity contribution in [3.05, 3.63) is 59.1 Å². The molecule has 30 heavy (non-hydrogen) atoms. The Balaban J connectivity index is 1.60. The highest BCUT2D eigenvalue weighted by atomic mass is 35.5. The quantitative estimate of drug-likeness (QED) is 0.672. The number of carbonyl (C=O) groups is 1. The number of hydrogen-bond donors (Lipinski definition) is 0. The normalized spacial score (nSPS) is 23.9. The fourth-order valence-corrected chi connectivity index (χ4v) is 4.31. The standard InChI is InChI=1S/C20H19ClF3N5O/c1-11-5-4-9-25-18(11)29-15-8-10-28(12(2)17(15)26-27-29)19(30)13-6-3-7-14(16(13)21)20(22,23)24/h3-7,9,12-13,16H,8,10H2,1-2H3/t12-,13?,16?/m1/s1. The van der Waals surface area contributed by atoms with E-state index in [1.165, 1.54) is 17.1 Å². The minimum atomic E-state index is -4.58. The molecule has 0 N–H and O–H groups in total. The van der Waals surface area contributed by atoms with Gasteiger partial charge in [0.05, 0.1) is 28.6 Å². The zero-order valence-electron chi connectivity index (χ0n) is 16.3. The van der Waals surface area contributed by atoms with Gasteiger partial charge in [0, 0.05) is 19.2 Å². The van der Waals surface area contributed by atoms with E-state index < -0.39 is 35.0 Å². The van der Waals surface area contributed by atoms with E-state index in [9.17, 15) is 18.0 Å². The lowest BCUT2D eigenvalue weighted by atomic mass is 9.90. The average molecular weight is 438 g/mol. The van der Waals surface area contributed by atoms with Crippen LogP contribution in [-0.4, -0.2) is 48.9 Å². The Labute approximate surface area is 176 Å². The average Bonchev–Trinajstić information content (AvgIpc) is 3.12. The summed E-state index contributed by atoms with van der Waals surface area (Å²) in [4.78, 5) is 19.0. The number of hydrogen-bond acceptors (Lipinski definition) is 4. The van der Waals surface area contributed by atoms with Gasteiger partial charge in [-0.15, -0.1) is 16.7 Å². The van der Waals surface area contributed by atoms with Gasteiger partial charge in [-0.05, 0) is 25.5 Å². The van der Waals surface area contributed by atoms with E-state index in [1.54, 1.807) is 17.8 Å². The lowest BCUT2D eigenvalue weighted by Gasteiger charge is -2.36. The second kappa shape index (κ2) is 7.54. The van der Waals surface area contributed by atoms with Gasteiger partial charge in [0.1, 0.15) is 5.69 Å². The number of pyridine rings is 1. The lowest BCUT2D eigenvalue weighted by Crippen LogP contribution is -2.45.